The molecule has 0 saturated carbocycles. The number of hydrogen-bond donors (Lipinski definition) is 1. The van der Waals surface area contributed by atoms with Crippen molar-refractivity contribution in [3.63, 3.8) is 0 Å². The van der Waals surface area contributed by atoms with Crippen LogP contribution in [-0.4, -0.2) is 21.3 Å². The van der Waals surface area contributed by atoms with Crippen LogP contribution in [0.15, 0.2) is 73.1 Å². The van der Waals surface area contributed by atoms with E-state index in [9.17, 15) is 5.11 Å². The van der Waals surface area contributed by atoms with Gasteiger partial charge in [-0.3, -0.25) is 0 Å². The summed E-state index contributed by atoms with van der Waals surface area (Å²) in [5.74, 6) is 0.803. The molecule has 3 heteroatoms. The van der Waals surface area contributed by atoms with E-state index >= 15 is 0 Å². The molecule has 3 rings (SSSR count). The molecule has 3 nitrogen and oxygen atoms in total. The first kappa shape index (κ1) is 13.6. The van der Waals surface area contributed by atoms with Gasteiger partial charge in [0.15, 0.2) is 0 Å². The van der Waals surface area contributed by atoms with Crippen LogP contribution in [0.25, 0.3) is 0 Å². The summed E-state index contributed by atoms with van der Waals surface area (Å²) in [4.78, 5) is 4.46. The Bertz CT molecular complexity index is 677. The third kappa shape index (κ3) is 3.03. The molecule has 0 aliphatic heterocycles. The van der Waals surface area contributed by atoms with Crippen LogP contribution in [0.5, 0.6) is 0 Å². The number of rotatable bonds is 5. The number of hydrogen-bond acceptors (Lipinski definition) is 2. The number of aromatic nitrogens is 2. The lowest BCUT2D eigenvalue weighted by atomic mass is 9.99. The van der Waals surface area contributed by atoms with E-state index in [0.29, 0.717) is 0 Å². The van der Waals surface area contributed by atoms with Crippen molar-refractivity contribution in [2.75, 3.05) is 6.61 Å². The van der Waals surface area contributed by atoms with Crippen molar-refractivity contribution in [2.45, 2.75) is 12.5 Å². The number of aliphatic hydroxyl groups excluding tert-OH is 1. The zero-order chi connectivity index (χ0) is 14.5. The molecule has 0 aliphatic carbocycles. The molecule has 0 bridgehead atoms. The van der Waals surface area contributed by atoms with Crippen LogP contribution >= 0.6 is 0 Å². The highest BCUT2D eigenvalue weighted by atomic mass is 16.3. The molecule has 106 valence electrons. The summed E-state index contributed by atoms with van der Waals surface area (Å²) in [6, 6.07) is 20.3. The fourth-order valence-electron chi connectivity index (χ4n) is 2.57. The molecular formula is C18H18N2O. The van der Waals surface area contributed by atoms with Crippen molar-refractivity contribution in [1.82, 2.24) is 9.55 Å². The standard InChI is InChI=1S/C18H18N2O/c21-14-17(16-9-5-2-6-10-16)18-19-11-12-20(18)13-15-7-3-1-4-8-15/h1-12,17,21H,13-14H2. The van der Waals surface area contributed by atoms with Gasteiger partial charge in [-0.2, -0.15) is 0 Å². The van der Waals surface area contributed by atoms with Crippen LogP contribution in [0.2, 0.25) is 0 Å². The Morgan fingerprint density at radius 3 is 2.29 bits per heavy atom. The number of benzene rings is 2. The van der Waals surface area contributed by atoms with E-state index in [1.54, 1.807) is 6.20 Å². The van der Waals surface area contributed by atoms with Crippen molar-refractivity contribution < 1.29 is 5.11 Å². The van der Waals surface area contributed by atoms with Crippen molar-refractivity contribution in [1.29, 1.82) is 0 Å². The van der Waals surface area contributed by atoms with Crippen LogP contribution < -0.4 is 0 Å². The van der Waals surface area contributed by atoms with Crippen molar-refractivity contribution >= 4 is 0 Å². The van der Waals surface area contributed by atoms with E-state index in [1.807, 2.05) is 54.7 Å². The normalized spacial score (nSPS) is 12.2. The minimum absolute atomic E-state index is 0.0514. The maximum absolute atomic E-state index is 9.79. The van der Waals surface area contributed by atoms with Crippen LogP contribution in [0.1, 0.15) is 22.9 Å². The topological polar surface area (TPSA) is 38.1 Å². The molecule has 3 aromatic rings. The fourth-order valence-corrected chi connectivity index (χ4v) is 2.57. The number of aliphatic hydroxyl groups is 1. The first-order valence-electron chi connectivity index (χ1n) is 7.09. The van der Waals surface area contributed by atoms with Gasteiger partial charge in [0.25, 0.3) is 0 Å². The molecule has 0 radical (unpaired) electrons. The van der Waals surface area contributed by atoms with Gasteiger partial charge in [0.2, 0.25) is 0 Å². The molecule has 0 amide bonds. The molecule has 0 saturated heterocycles. The molecule has 0 spiro atoms. The highest BCUT2D eigenvalue weighted by Crippen LogP contribution is 2.23. The lowest BCUT2D eigenvalue weighted by molar-refractivity contribution is 0.274. The largest absolute Gasteiger partial charge is 0.395 e. The molecule has 0 fully saturated rings. The minimum atomic E-state index is -0.0927. The molecule has 21 heavy (non-hydrogen) atoms. The molecule has 1 aromatic heterocycles. The van der Waals surface area contributed by atoms with E-state index in [1.165, 1.54) is 5.56 Å². The fraction of sp³-hybridized carbons (Fsp3) is 0.167. The lowest BCUT2D eigenvalue weighted by Crippen LogP contribution is -2.14. The van der Waals surface area contributed by atoms with Crippen LogP contribution in [-0.2, 0) is 6.54 Å². The summed E-state index contributed by atoms with van der Waals surface area (Å²) in [6.45, 7) is 0.815. The first-order chi connectivity index (χ1) is 10.4. The van der Waals surface area contributed by atoms with Crippen LogP contribution in [0.4, 0.5) is 0 Å². The van der Waals surface area contributed by atoms with Crippen LogP contribution in [0.3, 0.4) is 0 Å². The Morgan fingerprint density at radius 1 is 0.952 bits per heavy atom. The van der Waals surface area contributed by atoms with Gasteiger partial charge >= 0.3 is 0 Å². The van der Waals surface area contributed by atoms with Gasteiger partial charge in [-0.15, -0.1) is 0 Å². The summed E-state index contributed by atoms with van der Waals surface area (Å²) >= 11 is 0. The van der Waals surface area contributed by atoms with Crippen molar-refractivity contribution in [2.24, 2.45) is 0 Å². The number of imidazole rings is 1. The summed E-state index contributed by atoms with van der Waals surface area (Å²) in [7, 11) is 0. The predicted molar refractivity (Wildman–Crippen MR) is 83.1 cm³/mol. The van der Waals surface area contributed by atoms with E-state index < -0.39 is 0 Å². The van der Waals surface area contributed by atoms with Gasteiger partial charge in [-0.1, -0.05) is 60.7 Å². The molecular weight excluding hydrogens is 260 g/mol. The Kier molecular flexibility index (Phi) is 4.12. The Hall–Kier alpha value is -2.39. The SMILES string of the molecule is OCC(c1ccccc1)c1nccn1Cc1ccccc1. The lowest BCUT2D eigenvalue weighted by Gasteiger charge is -2.16. The number of nitrogens with zero attached hydrogens (tertiary/aromatic N) is 2. The quantitative estimate of drug-likeness (QED) is 0.779. The van der Waals surface area contributed by atoms with Gasteiger partial charge in [0.1, 0.15) is 5.82 Å². The molecule has 1 N–H and O–H groups in total. The summed E-state index contributed by atoms with van der Waals surface area (Å²) in [5.41, 5.74) is 2.31. The Labute approximate surface area is 124 Å². The van der Waals surface area contributed by atoms with Gasteiger partial charge in [-0.25, -0.2) is 4.98 Å². The second kappa shape index (κ2) is 6.37. The Morgan fingerprint density at radius 2 is 1.62 bits per heavy atom. The molecule has 0 aliphatic rings. The van der Waals surface area contributed by atoms with Gasteiger partial charge in [0.05, 0.1) is 12.5 Å². The molecule has 1 heterocycles. The average molecular weight is 278 g/mol. The predicted octanol–water partition coefficient (Wildman–Crippen LogP) is 3.06. The highest BCUT2D eigenvalue weighted by molar-refractivity contribution is 5.27. The summed E-state index contributed by atoms with van der Waals surface area (Å²) < 4.78 is 2.10. The second-order valence-electron chi connectivity index (χ2n) is 5.04. The van der Waals surface area contributed by atoms with E-state index in [2.05, 4.69) is 21.7 Å². The third-order valence-electron chi connectivity index (χ3n) is 3.64. The van der Waals surface area contributed by atoms with E-state index in [0.717, 1.165) is 17.9 Å². The van der Waals surface area contributed by atoms with Gasteiger partial charge in [-0.05, 0) is 11.1 Å². The first-order valence-corrected chi connectivity index (χ1v) is 7.09. The average Bonchev–Trinajstić information content (AvgIpc) is 2.98. The van der Waals surface area contributed by atoms with Crippen molar-refractivity contribution in [3.8, 4) is 0 Å². The van der Waals surface area contributed by atoms with Gasteiger partial charge < -0.3 is 9.67 Å². The van der Waals surface area contributed by atoms with E-state index in [-0.39, 0.29) is 12.5 Å². The second-order valence-corrected chi connectivity index (χ2v) is 5.04. The van der Waals surface area contributed by atoms with Gasteiger partial charge in [0, 0.05) is 18.9 Å². The summed E-state index contributed by atoms with van der Waals surface area (Å²) in [6.07, 6.45) is 3.76. The third-order valence-corrected chi connectivity index (χ3v) is 3.64. The molecule has 1 unspecified atom stereocenters. The molecule has 2 aromatic carbocycles. The Balaban J connectivity index is 1.91. The minimum Gasteiger partial charge on any atom is -0.395 e. The monoisotopic (exact) mass is 278 g/mol. The van der Waals surface area contributed by atoms with Crippen molar-refractivity contribution in [3.05, 3.63) is 90.0 Å². The smallest absolute Gasteiger partial charge is 0.118 e. The highest BCUT2D eigenvalue weighted by Gasteiger charge is 2.18. The zero-order valence-corrected chi connectivity index (χ0v) is 11.8. The summed E-state index contributed by atoms with van der Waals surface area (Å²) in [5, 5.41) is 9.79. The molecule has 1 atom stereocenters. The van der Waals surface area contributed by atoms with Crippen LogP contribution in [0, 0.1) is 0 Å². The zero-order valence-electron chi connectivity index (χ0n) is 11.8. The van der Waals surface area contributed by atoms with E-state index in [4.69, 9.17) is 0 Å². The maximum Gasteiger partial charge on any atom is 0.118 e. The maximum atomic E-state index is 9.79.